The Labute approximate surface area is 176 Å². The zero-order valence-corrected chi connectivity index (χ0v) is 18.0. The highest BCUT2D eigenvalue weighted by Gasteiger charge is 2.23. The summed E-state index contributed by atoms with van der Waals surface area (Å²) < 4.78 is 26.1. The van der Waals surface area contributed by atoms with Crippen LogP contribution in [0.3, 0.4) is 0 Å². The fraction of sp³-hybridized carbons (Fsp3) is 0.300. The second-order valence-corrected chi connectivity index (χ2v) is 9.07. The van der Waals surface area contributed by atoms with E-state index >= 15 is 0 Å². The van der Waals surface area contributed by atoms with Gasteiger partial charge >= 0.3 is 0 Å². The van der Waals surface area contributed by atoms with Gasteiger partial charge in [0.05, 0.1) is 22.7 Å². The predicted molar refractivity (Wildman–Crippen MR) is 114 cm³/mol. The zero-order valence-electron chi connectivity index (χ0n) is 16.5. The van der Waals surface area contributed by atoms with Crippen LogP contribution in [0.5, 0.6) is 0 Å². The van der Waals surface area contributed by atoms with E-state index in [9.17, 15) is 18.0 Å². The van der Waals surface area contributed by atoms with Gasteiger partial charge in [-0.3, -0.25) is 9.59 Å². The van der Waals surface area contributed by atoms with Crippen molar-refractivity contribution >= 4 is 39.1 Å². The number of nitrogens with zero attached hydrogens (tertiary/aromatic N) is 1. The molecule has 0 unspecified atom stereocenters. The molecule has 9 heteroatoms. The van der Waals surface area contributed by atoms with Gasteiger partial charge in [-0.25, -0.2) is 8.42 Å². The van der Waals surface area contributed by atoms with Gasteiger partial charge in [-0.2, -0.15) is 4.31 Å². The smallest absolute Gasteiger partial charge is 0.253 e. The van der Waals surface area contributed by atoms with Crippen LogP contribution in [-0.2, 0) is 14.8 Å². The Bertz CT molecular complexity index is 977. The van der Waals surface area contributed by atoms with Gasteiger partial charge in [0.2, 0.25) is 15.9 Å². The van der Waals surface area contributed by atoms with Crippen molar-refractivity contribution in [3.63, 3.8) is 0 Å². The SMILES string of the molecule is CC[C@H](C)NC(=O)c1ccccc1NC(=O)CN(C)S(=O)(=O)c1ccc(Cl)cc1. The Hall–Kier alpha value is -2.42. The van der Waals surface area contributed by atoms with E-state index in [0.717, 1.165) is 10.7 Å². The fourth-order valence-corrected chi connectivity index (χ4v) is 3.71. The number of rotatable bonds is 8. The van der Waals surface area contributed by atoms with Crippen LogP contribution in [0.4, 0.5) is 5.69 Å². The van der Waals surface area contributed by atoms with Crippen LogP contribution in [-0.4, -0.2) is 44.2 Å². The number of para-hydroxylation sites is 1. The Morgan fingerprint density at radius 1 is 1.10 bits per heavy atom. The number of anilines is 1. The van der Waals surface area contributed by atoms with Crippen molar-refractivity contribution in [2.45, 2.75) is 31.2 Å². The summed E-state index contributed by atoms with van der Waals surface area (Å²) >= 11 is 5.79. The van der Waals surface area contributed by atoms with Gasteiger partial charge in [0.15, 0.2) is 0 Å². The summed E-state index contributed by atoms with van der Waals surface area (Å²) in [6.07, 6.45) is 0.771. The molecule has 2 amide bonds. The fourth-order valence-electron chi connectivity index (χ4n) is 2.46. The number of nitrogens with one attached hydrogen (secondary N) is 2. The van der Waals surface area contributed by atoms with Crippen molar-refractivity contribution in [2.24, 2.45) is 0 Å². The van der Waals surface area contributed by atoms with Crippen LogP contribution in [0.2, 0.25) is 5.02 Å². The standard InChI is InChI=1S/C20H24ClN3O4S/c1-4-14(2)22-20(26)17-7-5-6-8-18(17)23-19(25)13-24(3)29(27,28)16-11-9-15(21)10-12-16/h5-12,14H,4,13H2,1-3H3,(H,22,26)(H,23,25)/t14-/m0/s1. The monoisotopic (exact) mass is 437 g/mol. The Kier molecular flexibility index (Phi) is 7.78. The highest BCUT2D eigenvalue weighted by molar-refractivity contribution is 7.89. The molecule has 1 atom stereocenters. The molecule has 7 nitrogen and oxygen atoms in total. The number of sulfonamides is 1. The first-order chi connectivity index (χ1) is 13.6. The minimum absolute atomic E-state index is 0.0121. The third-order valence-electron chi connectivity index (χ3n) is 4.32. The van der Waals surface area contributed by atoms with Crippen molar-refractivity contribution in [1.82, 2.24) is 9.62 Å². The summed E-state index contributed by atoms with van der Waals surface area (Å²) in [7, 11) is -2.54. The Balaban J connectivity index is 2.11. The van der Waals surface area contributed by atoms with Gasteiger partial charge < -0.3 is 10.6 Å². The average molecular weight is 438 g/mol. The van der Waals surface area contributed by atoms with Crippen LogP contribution in [0.1, 0.15) is 30.6 Å². The topological polar surface area (TPSA) is 95.6 Å². The molecule has 0 aliphatic carbocycles. The lowest BCUT2D eigenvalue weighted by Crippen LogP contribution is -2.36. The average Bonchev–Trinajstić information content (AvgIpc) is 2.68. The molecule has 0 aliphatic rings. The van der Waals surface area contributed by atoms with Crippen molar-refractivity contribution in [3.05, 3.63) is 59.1 Å². The van der Waals surface area contributed by atoms with Gasteiger partial charge in [0.1, 0.15) is 0 Å². The number of hydrogen-bond acceptors (Lipinski definition) is 4. The maximum atomic E-state index is 12.6. The molecule has 2 rings (SSSR count). The highest BCUT2D eigenvalue weighted by atomic mass is 35.5. The van der Waals surface area contributed by atoms with Gasteiger partial charge in [0, 0.05) is 18.1 Å². The number of amides is 2. The van der Waals surface area contributed by atoms with Crippen LogP contribution in [0, 0.1) is 0 Å². The Morgan fingerprint density at radius 2 is 1.72 bits per heavy atom. The van der Waals surface area contributed by atoms with E-state index in [1.165, 1.54) is 31.3 Å². The van der Waals surface area contributed by atoms with Crippen molar-refractivity contribution in [1.29, 1.82) is 0 Å². The maximum absolute atomic E-state index is 12.6. The predicted octanol–water partition coefficient (Wildman–Crippen LogP) is 3.13. The van der Waals surface area contributed by atoms with E-state index in [2.05, 4.69) is 10.6 Å². The number of likely N-dealkylation sites (N-methyl/N-ethyl adjacent to an activating group) is 1. The van der Waals surface area contributed by atoms with Gasteiger partial charge in [-0.1, -0.05) is 30.7 Å². The van der Waals surface area contributed by atoms with Crippen LogP contribution >= 0.6 is 11.6 Å². The third kappa shape index (κ3) is 6.03. The largest absolute Gasteiger partial charge is 0.350 e. The minimum Gasteiger partial charge on any atom is -0.350 e. The first-order valence-corrected chi connectivity index (χ1v) is 10.9. The number of halogens is 1. The molecule has 0 fully saturated rings. The molecule has 0 heterocycles. The molecule has 0 saturated heterocycles. The maximum Gasteiger partial charge on any atom is 0.253 e. The van der Waals surface area contributed by atoms with E-state index in [1.54, 1.807) is 24.3 Å². The molecule has 0 aliphatic heterocycles. The quantitative estimate of drug-likeness (QED) is 0.663. The first-order valence-electron chi connectivity index (χ1n) is 9.06. The molecule has 2 aromatic carbocycles. The van der Waals surface area contributed by atoms with Crippen molar-refractivity contribution < 1.29 is 18.0 Å². The molecular formula is C20H24ClN3O4S. The summed E-state index contributed by atoms with van der Waals surface area (Å²) in [5, 5.41) is 5.88. The minimum atomic E-state index is -3.85. The lowest BCUT2D eigenvalue weighted by molar-refractivity contribution is -0.116. The highest BCUT2D eigenvalue weighted by Crippen LogP contribution is 2.18. The van der Waals surface area contributed by atoms with Gasteiger partial charge in [0.25, 0.3) is 5.91 Å². The first kappa shape index (κ1) is 22.9. The number of carbonyl (C=O) groups is 2. The van der Waals surface area contributed by atoms with E-state index in [4.69, 9.17) is 11.6 Å². The second kappa shape index (κ2) is 9.87. The summed E-state index contributed by atoms with van der Waals surface area (Å²) in [5.41, 5.74) is 0.625. The summed E-state index contributed by atoms with van der Waals surface area (Å²) in [4.78, 5) is 24.9. The van der Waals surface area contributed by atoms with Gasteiger partial charge in [-0.05, 0) is 49.7 Å². The van der Waals surface area contributed by atoms with Crippen LogP contribution < -0.4 is 10.6 Å². The van der Waals surface area contributed by atoms with Crippen molar-refractivity contribution in [2.75, 3.05) is 18.9 Å². The number of benzene rings is 2. The van der Waals surface area contributed by atoms with E-state index < -0.39 is 22.5 Å². The van der Waals surface area contributed by atoms with E-state index in [-0.39, 0.29) is 16.8 Å². The lowest BCUT2D eigenvalue weighted by atomic mass is 10.1. The van der Waals surface area contributed by atoms with Gasteiger partial charge in [-0.15, -0.1) is 0 Å². The van der Waals surface area contributed by atoms with Crippen LogP contribution in [0.25, 0.3) is 0 Å². The molecule has 0 aromatic heterocycles. The molecular weight excluding hydrogens is 414 g/mol. The van der Waals surface area contributed by atoms with Crippen LogP contribution in [0.15, 0.2) is 53.4 Å². The summed E-state index contributed by atoms with van der Waals surface area (Å²) in [6.45, 7) is 3.43. The molecule has 0 radical (unpaired) electrons. The molecule has 2 aromatic rings. The van der Waals surface area contributed by atoms with E-state index in [0.29, 0.717) is 16.3 Å². The molecule has 2 N–H and O–H groups in total. The molecule has 0 saturated carbocycles. The summed E-state index contributed by atoms with van der Waals surface area (Å²) in [6, 6.07) is 12.2. The van der Waals surface area contributed by atoms with Crippen molar-refractivity contribution in [3.8, 4) is 0 Å². The molecule has 0 bridgehead atoms. The summed E-state index contributed by atoms with van der Waals surface area (Å²) in [5.74, 6) is -0.869. The number of carbonyl (C=O) groups excluding carboxylic acids is 2. The number of hydrogen-bond donors (Lipinski definition) is 2. The lowest BCUT2D eigenvalue weighted by Gasteiger charge is -2.18. The zero-order chi connectivity index (χ0) is 21.6. The third-order valence-corrected chi connectivity index (χ3v) is 6.39. The second-order valence-electron chi connectivity index (χ2n) is 6.59. The molecule has 0 spiro atoms. The van der Waals surface area contributed by atoms with E-state index in [1.807, 2.05) is 13.8 Å². The Morgan fingerprint density at radius 3 is 2.34 bits per heavy atom. The molecule has 29 heavy (non-hydrogen) atoms. The molecule has 156 valence electrons. The normalized spacial score (nSPS) is 12.4.